The number of benzene rings is 1. The van der Waals surface area contributed by atoms with Crippen molar-refractivity contribution in [3.63, 3.8) is 0 Å². The Morgan fingerprint density at radius 1 is 1.26 bits per heavy atom. The van der Waals surface area contributed by atoms with Gasteiger partial charge in [-0.2, -0.15) is 0 Å². The van der Waals surface area contributed by atoms with Gasteiger partial charge in [-0.15, -0.1) is 0 Å². The summed E-state index contributed by atoms with van der Waals surface area (Å²) >= 11 is 3.32. The lowest BCUT2D eigenvalue weighted by atomic mass is 10.0. The van der Waals surface area contributed by atoms with Gasteiger partial charge < -0.3 is 20.2 Å². The fourth-order valence-electron chi connectivity index (χ4n) is 1.94. The summed E-state index contributed by atoms with van der Waals surface area (Å²) in [5.74, 6) is 2.16. The van der Waals surface area contributed by atoms with Crippen LogP contribution in [0.2, 0.25) is 0 Å². The number of aryl methyl sites for hydroxylation is 1. The molecule has 0 spiro atoms. The van der Waals surface area contributed by atoms with Gasteiger partial charge in [-0.3, -0.25) is 0 Å². The molecule has 3 N–H and O–H groups in total. The zero-order valence-corrected chi connectivity index (χ0v) is 12.6. The molecule has 0 aliphatic carbocycles. The van der Waals surface area contributed by atoms with E-state index in [9.17, 15) is 0 Å². The molecule has 0 saturated heterocycles. The van der Waals surface area contributed by atoms with Crippen molar-refractivity contribution in [2.75, 3.05) is 14.2 Å². The smallest absolute Gasteiger partial charge is 0.128 e. The summed E-state index contributed by atoms with van der Waals surface area (Å²) in [6.07, 6.45) is 1.67. The zero-order chi connectivity index (χ0) is 14.0. The number of aromatic nitrogens is 2. The lowest BCUT2D eigenvalue weighted by Gasteiger charge is -2.16. The molecule has 1 unspecified atom stereocenters. The highest BCUT2D eigenvalue weighted by molar-refractivity contribution is 9.10. The number of H-pyrrole nitrogens is 1. The van der Waals surface area contributed by atoms with Gasteiger partial charge in [0.05, 0.1) is 26.5 Å². The lowest BCUT2D eigenvalue weighted by Crippen LogP contribution is -2.15. The first-order valence-corrected chi connectivity index (χ1v) is 6.54. The van der Waals surface area contributed by atoms with Crippen LogP contribution in [0, 0.1) is 6.92 Å². The summed E-state index contributed by atoms with van der Waals surface area (Å²) in [7, 11) is 3.25. The summed E-state index contributed by atoms with van der Waals surface area (Å²) in [6, 6.07) is 3.39. The first kappa shape index (κ1) is 13.9. The third-order valence-electron chi connectivity index (χ3n) is 2.94. The van der Waals surface area contributed by atoms with Crippen LogP contribution >= 0.6 is 15.9 Å². The van der Waals surface area contributed by atoms with E-state index in [1.54, 1.807) is 20.4 Å². The van der Waals surface area contributed by atoms with Crippen molar-refractivity contribution in [2.45, 2.75) is 13.0 Å². The van der Waals surface area contributed by atoms with Gasteiger partial charge in [-0.1, -0.05) is 0 Å². The number of nitrogens with two attached hydrogens (primary N) is 1. The maximum Gasteiger partial charge on any atom is 0.128 e. The van der Waals surface area contributed by atoms with E-state index in [1.165, 1.54) is 0 Å². The molecular formula is C13H16BrN3O2. The summed E-state index contributed by atoms with van der Waals surface area (Å²) in [4.78, 5) is 7.28. The van der Waals surface area contributed by atoms with Crippen molar-refractivity contribution < 1.29 is 9.47 Å². The van der Waals surface area contributed by atoms with Crippen molar-refractivity contribution in [1.82, 2.24) is 9.97 Å². The Morgan fingerprint density at radius 2 is 1.95 bits per heavy atom. The Labute approximate surface area is 120 Å². The molecule has 2 aromatic rings. The van der Waals surface area contributed by atoms with Crippen LogP contribution in [0.5, 0.6) is 11.5 Å². The summed E-state index contributed by atoms with van der Waals surface area (Å²) in [6.45, 7) is 1.96. The normalized spacial score (nSPS) is 12.3. The van der Waals surface area contributed by atoms with E-state index in [0.717, 1.165) is 27.2 Å². The Kier molecular flexibility index (Phi) is 4.11. The molecule has 5 nitrogen and oxygen atoms in total. The lowest BCUT2D eigenvalue weighted by molar-refractivity contribution is 0.394. The molecule has 0 amide bonds. The molecule has 0 radical (unpaired) electrons. The van der Waals surface area contributed by atoms with E-state index in [1.807, 2.05) is 19.1 Å². The molecule has 0 fully saturated rings. The maximum absolute atomic E-state index is 6.23. The van der Waals surface area contributed by atoms with Crippen LogP contribution in [-0.4, -0.2) is 24.2 Å². The third kappa shape index (κ3) is 2.74. The van der Waals surface area contributed by atoms with Gasteiger partial charge in [-0.05, 0) is 40.5 Å². The number of halogens is 1. The molecular weight excluding hydrogens is 310 g/mol. The minimum absolute atomic E-state index is 0.407. The van der Waals surface area contributed by atoms with Crippen molar-refractivity contribution in [3.05, 3.63) is 39.9 Å². The fraction of sp³-hybridized carbons (Fsp3) is 0.308. The zero-order valence-electron chi connectivity index (χ0n) is 11.0. The third-order valence-corrected chi connectivity index (χ3v) is 3.34. The van der Waals surface area contributed by atoms with Gasteiger partial charge in [0, 0.05) is 5.56 Å². The number of ether oxygens (including phenoxy) is 2. The second-order valence-electron chi connectivity index (χ2n) is 4.16. The van der Waals surface area contributed by atoms with Crippen molar-refractivity contribution in [1.29, 1.82) is 0 Å². The Morgan fingerprint density at radius 3 is 2.47 bits per heavy atom. The van der Waals surface area contributed by atoms with Gasteiger partial charge in [0.15, 0.2) is 0 Å². The average Bonchev–Trinajstić information content (AvgIpc) is 2.84. The summed E-state index contributed by atoms with van der Waals surface area (Å²) in [5.41, 5.74) is 8.05. The van der Waals surface area contributed by atoms with Crippen LogP contribution in [0.4, 0.5) is 0 Å². The molecule has 1 atom stereocenters. The van der Waals surface area contributed by atoms with E-state index in [4.69, 9.17) is 15.2 Å². The molecule has 0 aliphatic heterocycles. The summed E-state index contributed by atoms with van der Waals surface area (Å²) in [5, 5.41) is 0. The van der Waals surface area contributed by atoms with Gasteiger partial charge in [0.1, 0.15) is 21.9 Å². The van der Waals surface area contributed by atoms with E-state index in [-0.39, 0.29) is 0 Å². The second kappa shape index (κ2) is 5.63. The fourth-order valence-corrected chi connectivity index (χ4v) is 2.24. The Balaban J connectivity index is 2.48. The first-order valence-electron chi connectivity index (χ1n) is 5.75. The molecule has 0 saturated carbocycles. The minimum atomic E-state index is -0.407. The second-order valence-corrected chi connectivity index (χ2v) is 5.01. The predicted octanol–water partition coefficient (Wildman–Crippen LogP) is 2.55. The highest BCUT2D eigenvalue weighted by atomic mass is 79.9. The molecule has 1 heterocycles. The predicted molar refractivity (Wildman–Crippen MR) is 76.6 cm³/mol. The number of methoxy groups -OCH3 is 2. The largest absolute Gasteiger partial charge is 0.496 e. The number of nitrogens with zero attached hydrogens (tertiary/aromatic N) is 1. The van der Waals surface area contributed by atoms with Crippen molar-refractivity contribution in [3.8, 4) is 11.5 Å². The molecule has 0 bridgehead atoms. The van der Waals surface area contributed by atoms with Crippen molar-refractivity contribution in [2.24, 2.45) is 5.73 Å². The number of rotatable bonds is 4. The number of imidazole rings is 1. The number of hydrogen-bond donors (Lipinski definition) is 2. The van der Waals surface area contributed by atoms with Crippen LogP contribution in [0.25, 0.3) is 0 Å². The van der Waals surface area contributed by atoms with Crippen LogP contribution in [-0.2, 0) is 0 Å². The highest BCUT2D eigenvalue weighted by Crippen LogP contribution is 2.33. The Bertz CT molecular complexity index is 583. The van der Waals surface area contributed by atoms with Crippen LogP contribution < -0.4 is 15.2 Å². The molecule has 102 valence electrons. The number of nitrogens with one attached hydrogen (secondary N) is 1. The maximum atomic E-state index is 6.23. The number of aromatic amines is 1. The van der Waals surface area contributed by atoms with E-state index in [2.05, 4.69) is 25.9 Å². The van der Waals surface area contributed by atoms with Gasteiger partial charge in [-0.25, -0.2) is 4.98 Å². The molecule has 1 aromatic carbocycles. The van der Waals surface area contributed by atoms with E-state index >= 15 is 0 Å². The molecule has 19 heavy (non-hydrogen) atoms. The SMILES string of the molecule is COc1cc(C(N)c2ncc(Br)[nH]2)c(OC)cc1C. The van der Waals surface area contributed by atoms with E-state index in [0.29, 0.717) is 5.82 Å². The minimum Gasteiger partial charge on any atom is -0.496 e. The quantitative estimate of drug-likeness (QED) is 0.906. The molecule has 2 rings (SSSR count). The van der Waals surface area contributed by atoms with Crippen LogP contribution in [0.15, 0.2) is 22.9 Å². The Hall–Kier alpha value is -1.53. The summed E-state index contributed by atoms with van der Waals surface area (Å²) < 4.78 is 11.5. The monoisotopic (exact) mass is 325 g/mol. The van der Waals surface area contributed by atoms with Gasteiger partial charge >= 0.3 is 0 Å². The molecule has 0 aliphatic rings. The average molecular weight is 326 g/mol. The van der Waals surface area contributed by atoms with E-state index < -0.39 is 6.04 Å². The standard InChI is InChI=1S/C13H16BrN3O2/c1-7-4-10(19-3)8(5-9(7)18-2)12(15)13-16-6-11(14)17-13/h4-6,12H,15H2,1-3H3,(H,16,17). The van der Waals surface area contributed by atoms with Crippen LogP contribution in [0.1, 0.15) is 23.0 Å². The number of hydrogen-bond acceptors (Lipinski definition) is 4. The van der Waals surface area contributed by atoms with Crippen molar-refractivity contribution >= 4 is 15.9 Å². The molecule has 1 aromatic heterocycles. The topological polar surface area (TPSA) is 73.2 Å². The van der Waals surface area contributed by atoms with Crippen LogP contribution in [0.3, 0.4) is 0 Å². The highest BCUT2D eigenvalue weighted by Gasteiger charge is 2.19. The molecule has 6 heteroatoms. The first-order chi connectivity index (χ1) is 9.06. The van der Waals surface area contributed by atoms with Gasteiger partial charge in [0.25, 0.3) is 0 Å². The van der Waals surface area contributed by atoms with Gasteiger partial charge in [0.2, 0.25) is 0 Å².